The number of nitrogens with zero attached hydrogens (tertiary/aromatic N) is 2. The molecule has 0 bridgehead atoms. The van der Waals surface area contributed by atoms with Gasteiger partial charge in [0.1, 0.15) is 18.2 Å². The number of hydrogen-bond donors (Lipinski definition) is 1. The lowest BCUT2D eigenvalue weighted by Crippen LogP contribution is -2.06. The highest BCUT2D eigenvalue weighted by Crippen LogP contribution is 2.23. The van der Waals surface area contributed by atoms with Crippen LogP contribution in [0.5, 0.6) is 5.75 Å². The van der Waals surface area contributed by atoms with Gasteiger partial charge in [0.15, 0.2) is 5.17 Å². The average molecular weight is 428 g/mol. The van der Waals surface area contributed by atoms with Crippen molar-refractivity contribution in [3.8, 4) is 5.75 Å². The van der Waals surface area contributed by atoms with Gasteiger partial charge in [-0.3, -0.25) is 0 Å². The highest BCUT2D eigenvalue weighted by atomic mass is 35.5. The molecular formula is C22H19ClFN3OS. The largest absolute Gasteiger partial charge is 0.488 e. The maximum absolute atomic E-state index is 13.9. The third-order valence-electron chi connectivity index (χ3n) is 3.94. The van der Waals surface area contributed by atoms with E-state index in [-0.39, 0.29) is 6.61 Å². The molecular weight excluding hydrogens is 409 g/mol. The number of halogens is 2. The first-order valence-electron chi connectivity index (χ1n) is 8.81. The van der Waals surface area contributed by atoms with E-state index in [1.807, 2.05) is 48.5 Å². The zero-order chi connectivity index (χ0) is 20.5. The number of hydrogen-bond acceptors (Lipinski definition) is 4. The molecule has 0 saturated heterocycles. The molecule has 0 radical (unpaired) electrons. The summed E-state index contributed by atoms with van der Waals surface area (Å²) in [6, 6.07) is 21.8. The normalized spacial score (nSPS) is 11.7. The Morgan fingerprint density at radius 1 is 1.03 bits per heavy atom. The third-order valence-corrected chi connectivity index (χ3v) is 5.14. The third kappa shape index (κ3) is 6.34. The van der Waals surface area contributed by atoms with Crippen molar-refractivity contribution < 1.29 is 9.13 Å². The smallest absolute Gasteiger partial charge is 0.180 e. The Morgan fingerprint density at radius 3 is 2.59 bits per heavy atom. The van der Waals surface area contributed by atoms with E-state index in [9.17, 15) is 4.39 Å². The van der Waals surface area contributed by atoms with Crippen LogP contribution in [0.2, 0.25) is 5.02 Å². The Kier molecular flexibility index (Phi) is 7.67. The van der Waals surface area contributed by atoms with Gasteiger partial charge in [-0.05, 0) is 29.8 Å². The zero-order valence-corrected chi connectivity index (χ0v) is 17.0. The second-order valence-corrected chi connectivity index (χ2v) is 7.39. The number of para-hydroxylation sites is 1. The van der Waals surface area contributed by atoms with Gasteiger partial charge >= 0.3 is 0 Å². The van der Waals surface area contributed by atoms with Crippen LogP contribution in [-0.4, -0.2) is 11.4 Å². The topological polar surface area (TPSA) is 60.0 Å². The molecule has 0 aliphatic heterocycles. The molecule has 0 aliphatic carbocycles. The second-order valence-electron chi connectivity index (χ2n) is 5.98. The minimum absolute atomic E-state index is 0.00863. The van der Waals surface area contributed by atoms with Crippen LogP contribution in [0.25, 0.3) is 0 Å². The summed E-state index contributed by atoms with van der Waals surface area (Å²) >= 11 is 7.45. The summed E-state index contributed by atoms with van der Waals surface area (Å²) in [5.41, 5.74) is 8.07. The Labute approximate surface area is 178 Å². The van der Waals surface area contributed by atoms with Gasteiger partial charge in [0, 0.05) is 16.9 Å². The van der Waals surface area contributed by atoms with E-state index < -0.39 is 5.82 Å². The van der Waals surface area contributed by atoms with E-state index >= 15 is 0 Å². The van der Waals surface area contributed by atoms with Crippen molar-refractivity contribution in [3.05, 3.63) is 100 Å². The summed E-state index contributed by atoms with van der Waals surface area (Å²) in [5.74, 6) is 0.854. The molecule has 7 heteroatoms. The minimum Gasteiger partial charge on any atom is -0.488 e. The molecule has 0 atom stereocenters. The fourth-order valence-corrected chi connectivity index (χ4v) is 3.28. The number of thioether (sulfide) groups is 1. The van der Waals surface area contributed by atoms with Crippen LogP contribution in [0.15, 0.2) is 83.0 Å². The van der Waals surface area contributed by atoms with Gasteiger partial charge in [0.2, 0.25) is 0 Å². The van der Waals surface area contributed by atoms with E-state index in [0.717, 1.165) is 11.3 Å². The maximum Gasteiger partial charge on any atom is 0.180 e. The molecule has 29 heavy (non-hydrogen) atoms. The summed E-state index contributed by atoms with van der Waals surface area (Å²) < 4.78 is 19.7. The van der Waals surface area contributed by atoms with E-state index in [4.69, 9.17) is 22.1 Å². The lowest BCUT2D eigenvalue weighted by Gasteiger charge is -2.10. The predicted octanol–water partition coefficient (Wildman–Crippen LogP) is 5.64. The molecule has 0 fully saturated rings. The monoisotopic (exact) mass is 427 g/mol. The van der Waals surface area contributed by atoms with E-state index in [1.165, 1.54) is 17.8 Å². The van der Waals surface area contributed by atoms with Crippen LogP contribution < -0.4 is 10.5 Å². The summed E-state index contributed by atoms with van der Waals surface area (Å²) in [4.78, 5) is 0. The van der Waals surface area contributed by atoms with E-state index in [1.54, 1.807) is 24.4 Å². The molecule has 0 heterocycles. The van der Waals surface area contributed by atoms with Crippen LogP contribution in [-0.2, 0) is 12.4 Å². The van der Waals surface area contributed by atoms with Gasteiger partial charge in [-0.2, -0.15) is 5.10 Å². The molecule has 148 valence electrons. The standard InChI is InChI=1S/C22H19ClFN3OS/c23-19-10-6-11-20(24)18(19)14-28-21-12-5-4-9-17(21)13-26-27-22(25)29-15-16-7-2-1-3-8-16/h1-13H,14-15H2,(H2,25,27). The number of rotatable bonds is 7. The lowest BCUT2D eigenvalue weighted by molar-refractivity contribution is 0.299. The van der Waals surface area contributed by atoms with Gasteiger partial charge in [-0.15, -0.1) is 5.10 Å². The maximum atomic E-state index is 13.9. The molecule has 2 N–H and O–H groups in total. The molecule has 0 aromatic heterocycles. The first kappa shape index (κ1) is 20.9. The van der Waals surface area contributed by atoms with Gasteiger partial charge < -0.3 is 10.5 Å². The Morgan fingerprint density at radius 2 is 1.79 bits per heavy atom. The molecule has 3 rings (SSSR count). The quantitative estimate of drug-likeness (QED) is 0.301. The van der Waals surface area contributed by atoms with Gasteiger partial charge in [0.25, 0.3) is 0 Å². The Hall–Kier alpha value is -2.83. The van der Waals surface area contributed by atoms with Gasteiger partial charge in [-0.1, -0.05) is 71.9 Å². The van der Waals surface area contributed by atoms with Crippen LogP contribution in [0.1, 0.15) is 16.7 Å². The molecule has 0 unspecified atom stereocenters. The summed E-state index contributed by atoms with van der Waals surface area (Å²) in [6.07, 6.45) is 1.55. The predicted molar refractivity (Wildman–Crippen MR) is 119 cm³/mol. The van der Waals surface area contributed by atoms with Crippen molar-refractivity contribution in [3.63, 3.8) is 0 Å². The fraction of sp³-hybridized carbons (Fsp3) is 0.0909. The lowest BCUT2D eigenvalue weighted by atomic mass is 10.2. The molecule has 0 saturated carbocycles. The van der Waals surface area contributed by atoms with Crippen LogP contribution >= 0.6 is 23.4 Å². The zero-order valence-electron chi connectivity index (χ0n) is 15.5. The van der Waals surface area contributed by atoms with Gasteiger partial charge in [-0.25, -0.2) is 4.39 Å². The van der Waals surface area contributed by atoms with Crippen molar-refractivity contribution >= 4 is 34.7 Å². The number of ether oxygens (including phenoxy) is 1. The number of amidine groups is 1. The van der Waals surface area contributed by atoms with E-state index in [2.05, 4.69) is 10.2 Å². The average Bonchev–Trinajstić information content (AvgIpc) is 2.73. The molecule has 0 aliphatic rings. The highest BCUT2D eigenvalue weighted by molar-refractivity contribution is 8.13. The summed E-state index contributed by atoms with van der Waals surface area (Å²) in [6.45, 7) is 0.00863. The number of benzene rings is 3. The SMILES string of the molecule is NC(=NN=Cc1ccccc1OCc1c(F)cccc1Cl)SCc1ccccc1. The molecule has 4 nitrogen and oxygen atoms in total. The molecule has 0 spiro atoms. The van der Waals surface area contributed by atoms with Crippen molar-refractivity contribution in [1.82, 2.24) is 0 Å². The molecule has 3 aromatic carbocycles. The summed E-state index contributed by atoms with van der Waals surface area (Å²) in [7, 11) is 0. The first-order valence-corrected chi connectivity index (χ1v) is 10.2. The Bertz CT molecular complexity index is 992. The van der Waals surface area contributed by atoms with Crippen molar-refractivity contribution in [2.75, 3.05) is 0 Å². The van der Waals surface area contributed by atoms with Crippen LogP contribution in [0, 0.1) is 5.82 Å². The first-order chi connectivity index (χ1) is 14.1. The Balaban J connectivity index is 1.62. The molecule has 0 amide bonds. The van der Waals surface area contributed by atoms with Crippen LogP contribution in [0.4, 0.5) is 4.39 Å². The van der Waals surface area contributed by atoms with E-state index in [0.29, 0.717) is 27.1 Å². The number of nitrogens with two attached hydrogens (primary N) is 1. The molecule has 3 aromatic rings. The highest BCUT2D eigenvalue weighted by Gasteiger charge is 2.09. The van der Waals surface area contributed by atoms with Crippen LogP contribution in [0.3, 0.4) is 0 Å². The van der Waals surface area contributed by atoms with Crippen molar-refractivity contribution in [2.24, 2.45) is 15.9 Å². The minimum atomic E-state index is -0.406. The fourth-order valence-electron chi connectivity index (χ4n) is 2.45. The van der Waals surface area contributed by atoms with Gasteiger partial charge in [0.05, 0.1) is 11.2 Å². The van der Waals surface area contributed by atoms with Crippen molar-refractivity contribution in [1.29, 1.82) is 0 Å². The summed E-state index contributed by atoms with van der Waals surface area (Å²) in [5, 5.41) is 8.74. The van der Waals surface area contributed by atoms with Crippen molar-refractivity contribution in [2.45, 2.75) is 12.4 Å². The second kappa shape index (κ2) is 10.6.